The molecule has 0 aliphatic rings. The van der Waals surface area contributed by atoms with Crippen LogP contribution in [0.2, 0.25) is 0 Å². The van der Waals surface area contributed by atoms with Crippen molar-refractivity contribution in [2.75, 3.05) is 26.4 Å². The Hall–Kier alpha value is -0.280. The molecule has 106 valence electrons. The minimum atomic E-state index is -0.861. The van der Waals surface area contributed by atoms with Crippen molar-refractivity contribution in [2.24, 2.45) is 17.2 Å². The van der Waals surface area contributed by atoms with Gasteiger partial charge in [-0.25, -0.2) is 0 Å². The van der Waals surface area contributed by atoms with Crippen molar-refractivity contribution >= 4 is 0 Å². The standard InChI is InChI=1S/C6H16N2O2.C4H12N2O/c1-5(7)6(4-10)8-2-3-9;1-2-4(5,6)3-7/h5-6,8-10H,2-4,7H2,1H3;7H,2-3,5-6H2,1H3. The summed E-state index contributed by atoms with van der Waals surface area (Å²) in [6, 6.07) is -0.191. The summed E-state index contributed by atoms with van der Waals surface area (Å²) in [5.74, 6) is 0. The third kappa shape index (κ3) is 12.0. The van der Waals surface area contributed by atoms with E-state index in [0.717, 1.165) is 0 Å². The van der Waals surface area contributed by atoms with Crippen molar-refractivity contribution < 1.29 is 15.3 Å². The van der Waals surface area contributed by atoms with Crippen molar-refractivity contribution in [3.8, 4) is 0 Å². The van der Waals surface area contributed by atoms with E-state index in [1.54, 1.807) is 0 Å². The Bertz CT molecular complexity index is 162. The van der Waals surface area contributed by atoms with Gasteiger partial charge in [-0.05, 0) is 13.3 Å². The first kappa shape index (κ1) is 19.1. The number of nitrogens with two attached hydrogens (primary N) is 3. The van der Waals surface area contributed by atoms with Crippen LogP contribution in [0.25, 0.3) is 0 Å². The highest BCUT2D eigenvalue weighted by molar-refractivity contribution is 4.74. The molecule has 0 fully saturated rings. The number of hydrogen-bond donors (Lipinski definition) is 7. The molecule has 0 aliphatic carbocycles. The maximum atomic E-state index is 8.70. The summed E-state index contributed by atoms with van der Waals surface area (Å²) in [4.78, 5) is 0. The fourth-order valence-corrected chi connectivity index (χ4v) is 0.778. The molecule has 2 unspecified atom stereocenters. The Morgan fingerprint density at radius 2 is 1.76 bits per heavy atom. The summed E-state index contributed by atoms with van der Waals surface area (Å²) >= 11 is 0. The number of nitrogens with one attached hydrogen (secondary N) is 1. The van der Waals surface area contributed by atoms with Gasteiger partial charge in [0.25, 0.3) is 0 Å². The Morgan fingerprint density at radius 1 is 1.24 bits per heavy atom. The number of aliphatic hydroxyl groups is 3. The van der Waals surface area contributed by atoms with E-state index in [0.29, 0.717) is 13.0 Å². The Balaban J connectivity index is 0. The number of rotatable bonds is 7. The van der Waals surface area contributed by atoms with Gasteiger partial charge in [-0.2, -0.15) is 0 Å². The smallest absolute Gasteiger partial charge is 0.0871 e. The SMILES string of the molecule is CC(N)C(CO)NCCO.CCC(N)(N)CO. The summed E-state index contributed by atoms with van der Waals surface area (Å²) in [6.45, 7) is 4.05. The van der Waals surface area contributed by atoms with Crippen LogP contribution in [0.1, 0.15) is 20.3 Å². The molecule has 0 bridgehead atoms. The van der Waals surface area contributed by atoms with E-state index in [4.69, 9.17) is 32.5 Å². The van der Waals surface area contributed by atoms with Gasteiger partial charge in [-0.3, -0.25) is 0 Å². The summed E-state index contributed by atoms with van der Waals surface area (Å²) in [7, 11) is 0. The van der Waals surface area contributed by atoms with Crippen LogP contribution in [0, 0.1) is 0 Å². The Labute approximate surface area is 103 Å². The third-order valence-electron chi connectivity index (χ3n) is 2.30. The average Bonchev–Trinajstić information content (AvgIpc) is 2.30. The zero-order valence-electron chi connectivity index (χ0n) is 10.8. The van der Waals surface area contributed by atoms with Gasteiger partial charge in [0, 0.05) is 18.6 Å². The predicted octanol–water partition coefficient (Wildman–Crippen LogP) is -2.72. The first-order valence-corrected chi connectivity index (χ1v) is 5.73. The molecule has 0 saturated heterocycles. The molecule has 0 saturated carbocycles. The first-order chi connectivity index (χ1) is 7.84. The number of aliphatic hydroxyl groups excluding tert-OH is 3. The van der Waals surface area contributed by atoms with Gasteiger partial charge in [0.1, 0.15) is 0 Å². The lowest BCUT2D eigenvalue weighted by Gasteiger charge is -2.18. The van der Waals surface area contributed by atoms with E-state index < -0.39 is 5.66 Å². The van der Waals surface area contributed by atoms with Gasteiger partial charge in [0.05, 0.1) is 25.5 Å². The average molecular weight is 252 g/mol. The monoisotopic (exact) mass is 252 g/mol. The summed E-state index contributed by atoms with van der Waals surface area (Å²) in [6.07, 6.45) is 0.601. The first-order valence-electron chi connectivity index (χ1n) is 5.73. The van der Waals surface area contributed by atoms with E-state index in [1.165, 1.54) is 0 Å². The van der Waals surface area contributed by atoms with Gasteiger partial charge >= 0.3 is 0 Å². The van der Waals surface area contributed by atoms with Crippen molar-refractivity contribution in [2.45, 2.75) is 38.0 Å². The fourth-order valence-electron chi connectivity index (χ4n) is 0.778. The molecule has 0 amide bonds. The molecule has 0 heterocycles. The van der Waals surface area contributed by atoms with Crippen LogP contribution in [-0.2, 0) is 0 Å². The molecule has 17 heavy (non-hydrogen) atoms. The third-order valence-corrected chi connectivity index (χ3v) is 2.30. The lowest BCUT2D eigenvalue weighted by Crippen LogP contribution is -2.51. The lowest BCUT2D eigenvalue weighted by molar-refractivity contribution is 0.196. The maximum absolute atomic E-state index is 8.70. The van der Waals surface area contributed by atoms with Gasteiger partial charge < -0.3 is 37.8 Å². The summed E-state index contributed by atoms with van der Waals surface area (Å²) in [5.41, 5.74) is 15.1. The molecular formula is C10H28N4O3. The molecule has 0 aliphatic heterocycles. The molecule has 2 atom stereocenters. The molecule has 10 N–H and O–H groups in total. The maximum Gasteiger partial charge on any atom is 0.0871 e. The number of hydrogen-bond acceptors (Lipinski definition) is 7. The molecule has 7 nitrogen and oxygen atoms in total. The van der Waals surface area contributed by atoms with Gasteiger partial charge in [-0.1, -0.05) is 6.92 Å². The molecule has 0 spiro atoms. The highest BCUT2D eigenvalue weighted by atomic mass is 16.3. The summed E-state index contributed by atoms with van der Waals surface area (Å²) in [5, 5.41) is 28.3. The van der Waals surface area contributed by atoms with E-state index in [-0.39, 0.29) is 31.9 Å². The van der Waals surface area contributed by atoms with E-state index in [1.807, 2.05) is 13.8 Å². The van der Waals surface area contributed by atoms with Crippen molar-refractivity contribution in [3.05, 3.63) is 0 Å². The van der Waals surface area contributed by atoms with Gasteiger partial charge in [0.15, 0.2) is 0 Å². The van der Waals surface area contributed by atoms with Crippen LogP contribution in [0.3, 0.4) is 0 Å². The molecule has 0 radical (unpaired) electrons. The van der Waals surface area contributed by atoms with Gasteiger partial charge in [-0.15, -0.1) is 0 Å². The normalized spacial score (nSPS) is 14.8. The van der Waals surface area contributed by atoms with Crippen LogP contribution in [-0.4, -0.2) is 59.4 Å². The topological polar surface area (TPSA) is 151 Å². The second-order valence-electron chi connectivity index (χ2n) is 4.07. The predicted molar refractivity (Wildman–Crippen MR) is 68.1 cm³/mol. The largest absolute Gasteiger partial charge is 0.395 e. The fraction of sp³-hybridized carbons (Fsp3) is 1.00. The molecule has 0 aromatic carbocycles. The van der Waals surface area contributed by atoms with Crippen molar-refractivity contribution in [1.82, 2.24) is 5.32 Å². The highest BCUT2D eigenvalue weighted by Crippen LogP contribution is 1.92. The molecule has 0 aromatic heterocycles. The summed E-state index contributed by atoms with van der Waals surface area (Å²) < 4.78 is 0. The minimum absolute atomic E-state index is 0.0116. The zero-order valence-corrected chi connectivity index (χ0v) is 10.8. The highest BCUT2D eigenvalue weighted by Gasteiger charge is 2.12. The zero-order chi connectivity index (χ0) is 13.9. The van der Waals surface area contributed by atoms with Crippen LogP contribution in [0.15, 0.2) is 0 Å². The van der Waals surface area contributed by atoms with Gasteiger partial charge in [0.2, 0.25) is 0 Å². The van der Waals surface area contributed by atoms with Crippen molar-refractivity contribution in [3.63, 3.8) is 0 Å². The van der Waals surface area contributed by atoms with Crippen LogP contribution in [0.4, 0.5) is 0 Å². The molecule has 0 rings (SSSR count). The quantitative estimate of drug-likeness (QED) is 0.243. The molecular weight excluding hydrogens is 224 g/mol. The van der Waals surface area contributed by atoms with E-state index in [2.05, 4.69) is 5.32 Å². The van der Waals surface area contributed by atoms with Crippen molar-refractivity contribution in [1.29, 1.82) is 0 Å². The van der Waals surface area contributed by atoms with Crippen LogP contribution < -0.4 is 22.5 Å². The van der Waals surface area contributed by atoms with E-state index in [9.17, 15) is 0 Å². The lowest BCUT2D eigenvalue weighted by atomic mass is 10.1. The van der Waals surface area contributed by atoms with E-state index >= 15 is 0 Å². The Morgan fingerprint density at radius 3 is 1.94 bits per heavy atom. The van der Waals surface area contributed by atoms with Crippen LogP contribution in [0.5, 0.6) is 0 Å². The second-order valence-corrected chi connectivity index (χ2v) is 4.07. The minimum Gasteiger partial charge on any atom is -0.395 e. The molecule has 0 aromatic rings. The Kier molecular flexibility index (Phi) is 12.2. The second kappa shape index (κ2) is 10.8. The van der Waals surface area contributed by atoms with Crippen LogP contribution >= 0.6 is 0 Å². The molecule has 7 heteroatoms.